The number of nitrogens with zero attached hydrogens (tertiary/aromatic N) is 6. The normalized spacial score (nSPS) is 16.4. The molecule has 168 valence electrons. The van der Waals surface area contributed by atoms with Crippen molar-refractivity contribution in [1.29, 1.82) is 0 Å². The highest BCUT2D eigenvalue weighted by atomic mass is 16.4. The minimum Gasteiger partial charge on any atom is -0.415 e. The quantitative estimate of drug-likeness (QED) is 0.631. The van der Waals surface area contributed by atoms with Crippen molar-refractivity contribution in [2.24, 2.45) is 0 Å². The molecule has 1 aromatic carbocycles. The van der Waals surface area contributed by atoms with Crippen LogP contribution in [0.3, 0.4) is 0 Å². The summed E-state index contributed by atoms with van der Waals surface area (Å²) >= 11 is 0. The van der Waals surface area contributed by atoms with Gasteiger partial charge in [0.15, 0.2) is 5.69 Å². The van der Waals surface area contributed by atoms with Gasteiger partial charge in [-0.1, -0.05) is 19.1 Å². The van der Waals surface area contributed by atoms with Crippen molar-refractivity contribution in [3.63, 3.8) is 0 Å². The van der Waals surface area contributed by atoms with E-state index in [4.69, 9.17) is 9.40 Å². The summed E-state index contributed by atoms with van der Waals surface area (Å²) in [6.45, 7) is 8.73. The van der Waals surface area contributed by atoms with E-state index in [1.807, 2.05) is 50.1 Å². The molecule has 32 heavy (non-hydrogen) atoms. The summed E-state index contributed by atoms with van der Waals surface area (Å²) in [5.41, 5.74) is 3.34. The van der Waals surface area contributed by atoms with E-state index in [1.165, 1.54) is 5.56 Å². The molecule has 1 N–H and O–H groups in total. The lowest BCUT2D eigenvalue weighted by Gasteiger charge is -2.40. The molecule has 0 bridgehead atoms. The van der Waals surface area contributed by atoms with Crippen molar-refractivity contribution in [2.45, 2.75) is 39.8 Å². The number of piperazine rings is 1. The Labute approximate surface area is 187 Å². The zero-order valence-electron chi connectivity index (χ0n) is 19.0. The van der Waals surface area contributed by atoms with Crippen LogP contribution in [-0.2, 0) is 11.3 Å². The molecule has 0 unspecified atom stereocenters. The maximum absolute atomic E-state index is 12.1. The summed E-state index contributed by atoms with van der Waals surface area (Å²) in [4.78, 5) is 25.5. The molecule has 0 spiro atoms. The summed E-state index contributed by atoms with van der Waals surface area (Å²) in [6.07, 6.45) is 2.29. The van der Waals surface area contributed by atoms with Crippen LogP contribution >= 0.6 is 0 Å². The van der Waals surface area contributed by atoms with E-state index in [-0.39, 0.29) is 11.9 Å². The van der Waals surface area contributed by atoms with Gasteiger partial charge in [-0.3, -0.25) is 9.78 Å². The fraction of sp³-hybridized carbons (Fsp3) is 0.435. The van der Waals surface area contributed by atoms with Gasteiger partial charge < -0.3 is 19.5 Å². The molecule has 1 aliphatic rings. The maximum Gasteiger partial charge on any atom is 0.268 e. The summed E-state index contributed by atoms with van der Waals surface area (Å²) in [5, 5.41) is 11.6. The molecule has 1 atom stereocenters. The van der Waals surface area contributed by atoms with Crippen LogP contribution in [0.25, 0.3) is 23.0 Å². The van der Waals surface area contributed by atoms with Crippen LogP contribution in [0.4, 0.5) is 5.82 Å². The minimum atomic E-state index is 0.114. The van der Waals surface area contributed by atoms with Crippen LogP contribution < -0.4 is 10.2 Å². The number of benzene rings is 1. The zero-order chi connectivity index (χ0) is 22.7. The van der Waals surface area contributed by atoms with Crippen molar-refractivity contribution >= 4 is 11.7 Å². The van der Waals surface area contributed by atoms with Crippen molar-refractivity contribution in [3.8, 4) is 23.0 Å². The molecule has 2 aromatic heterocycles. The Hall–Kier alpha value is -3.33. The molecule has 0 radical (unpaired) electrons. The van der Waals surface area contributed by atoms with Crippen LogP contribution in [-0.4, -0.2) is 63.7 Å². The SMILES string of the molecule is CCC(=O)N1CCN(c2cnc(C)c(-c3nnc(-c4ccc(CNC)cc4)o3)n2)C[C@H]1C. The fourth-order valence-electron chi connectivity index (χ4n) is 3.94. The maximum atomic E-state index is 12.1. The van der Waals surface area contributed by atoms with Gasteiger partial charge in [-0.2, -0.15) is 0 Å². The Morgan fingerprint density at radius 3 is 2.62 bits per heavy atom. The van der Waals surface area contributed by atoms with Crippen LogP contribution in [0.1, 0.15) is 31.5 Å². The van der Waals surface area contributed by atoms with Gasteiger partial charge in [-0.05, 0) is 38.6 Å². The molecule has 9 nitrogen and oxygen atoms in total. The van der Waals surface area contributed by atoms with Gasteiger partial charge >= 0.3 is 0 Å². The molecule has 9 heteroatoms. The van der Waals surface area contributed by atoms with Gasteiger partial charge in [0.1, 0.15) is 5.82 Å². The molecule has 1 aliphatic heterocycles. The van der Waals surface area contributed by atoms with Gasteiger partial charge in [0.2, 0.25) is 11.8 Å². The van der Waals surface area contributed by atoms with Crippen molar-refractivity contribution in [1.82, 2.24) is 30.4 Å². The van der Waals surface area contributed by atoms with Crippen molar-refractivity contribution < 1.29 is 9.21 Å². The fourth-order valence-corrected chi connectivity index (χ4v) is 3.94. The molecular formula is C23H29N7O2. The predicted octanol–water partition coefficient (Wildman–Crippen LogP) is 2.67. The van der Waals surface area contributed by atoms with Gasteiger partial charge in [0, 0.05) is 44.2 Å². The molecule has 0 saturated carbocycles. The molecule has 3 aromatic rings. The van der Waals surface area contributed by atoms with Gasteiger partial charge in [0.05, 0.1) is 11.9 Å². The van der Waals surface area contributed by atoms with Crippen LogP contribution in [0.5, 0.6) is 0 Å². The molecule has 1 amide bonds. The smallest absolute Gasteiger partial charge is 0.268 e. The minimum absolute atomic E-state index is 0.114. The van der Waals surface area contributed by atoms with Crippen LogP contribution in [0.2, 0.25) is 0 Å². The number of hydrogen-bond acceptors (Lipinski definition) is 8. The number of aromatic nitrogens is 4. The Bertz CT molecular complexity index is 1080. The first-order valence-corrected chi connectivity index (χ1v) is 11.0. The topological polar surface area (TPSA) is 100 Å². The highest BCUT2D eigenvalue weighted by Crippen LogP contribution is 2.27. The Balaban J connectivity index is 1.54. The monoisotopic (exact) mass is 435 g/mol. The van der Waals surface area contributed by atoms with E-state index in [0.717, 1.165) is 23.6 Å². The largest absolute Gasteiger partial charge is 0.415 e. The summed E-state index contributed by atoms with van der Waals surface area (Å²) in [5.74, 6) is 1.73. The summed E-state index contributed by atoms with van der Waals surface area (Å²) in [6, 6.07) is 8.12. The number of amides is 1. The summed E-state index contributed by atoms with van der Waals surface area (Å²) < 4.78 is 5.95. The number of anilines is 1. The molecule has 0 aliphatic carbocycles. The number of carbonyl (C=O) groups excluding carboxylic acids is 1. The molecule has 3 heterocycles. The molecule has 4 rings (SSSR count). The predicted molar refractivity (Wildman–Crippen MR) is 122 cm³/mol. The number of hydrogen-bond donors (Lipinski definition) is 1. The van der Waals surface area contributed by atoms with Gasteiger partial charge in [0.25, 0.3) is 5.89 Å². The first-order valence-electron chi connectivity index (χ1n) is 11.0. The van der Waals surface area contributed by atoms with E-state index in [9.17, 15) is 4.79 Å². The molecular weight excluding hydrogens is 406 g/mol. The van der Waals surface area contributed by atoms with Gasteiger partial charge in [-0.25, -0.2) is 4.98 Å². The second-order valence-electron chi connectivity index (χ2n) is 8.04. The third-order valence-electron chi connectivity index (χ3n) is 5.73. The van der Waals surface area contributed by atoms with Crippen LogP contribution in [0.15, 0.2) is 34.9 Å². The average Bonchev–Trinajstić information content (AvgIpc) is 3.29. The van der Waals surface area contributed by atoms with E-state index in [1.54, 1.807) is 6.20 Å². The molecule has 1 saturated heterocycles. The highest BCUT2D eigenvalue weighted by Gasteiger charge is 2.28. The number of rotatable bonds is 6. The highest BCUT2D eigenvalue weighted by molar-refractivity contribution is 5.76. The van der Waals surface area contributed by atoms with Gasteiger partial charge in [-0.15, -0.1) is 10.2 Å². The number of carbonyl (C=O) groups is 1. The molecule has 1 fully saturated rings. The van der Waals surface area contributed by atoms with E-state index < -0.39 is 0 Å². The standard InChI is InChI=1S/C23H29N7O2/c1-5-20(31)30-11-10-29(14-15(30)2)19-13-25-16(3)21(26-19)23-28-27-22(32-23)18-8-6-17(7-9-18)12-24-4/h6-9,13,15,24H,5,10-12,14H2,1-4H3/t15-/m1/s1. The summed E-state index contributed by atoms with van der Waals surface area (Å²) in [7, 11) is 1.92. The third kappa shape index (κ3) is 4.47. The first-order chi connectivity index (χ1) is 15.5. The first kappa shape index (κ1) is 21.9. The van der Waals surface area contributed by atoms with Crippen molar-refractivity contribution in [2.75, 3.05) is 31.6 Å². The van der Waals surface area contributed by atoms with E-state index in [2.05, 4.69) is 32.3 Å². The number of nitrogens with one attached hydrogen (secondary N) is 1. The lowest BCUT2D eigenvalue weighted by molar-refractivity contribution is -0.133. The lowest BCUT2D eigenvalue weighted by Crippen LogP contribution is -2.54. The van der Waals surface area contributed by atoms with Crippen molar-refractivity contribution in [3.05, 3.63) is 41.7 Å². The zero-order valence-corrected chi connectivity index (χ0v) is 19.0. The average molecular weight is 436 g/mol. The Kier molecular flexibility index (Phi) is 6.45. The van der Waals surface area contributed by atoms with Crippen LogP contribution in [0, 0.1) is 6.92 Å². The van der Waals surface area contributed by atoms with E-state index >= 15 is 0 Å². The third-order valence-corrected chi connectivity index (χ3v) is 5.73. The lowest BCUT2D eigenvalue weighted by atomic mass is 10.1. The second kappa shape index (κ2) is 9.44. The van der Waals surface area contributed by atoms with E-state index in [0.29, 0.717) is 43.5 Å². The Morgan fingerprint density at radius 1 is 1.19 bits per heavy atom. The Morgan fingerprint density at radius 2 is 1.94 bits per heavy atom. The second-order valence-corrected chi connectivity index (χ2v) is 8.04. The number of aryl methyl sites for hydroxylation is 1.